The standard InChI is InChI=1S/C20H23N5O4/c1-28-17-11-15(22-19(23-17)29-2)18(26)24-9-5-20(27,6-10-24)13-25-8-4-14-3-7-21-12-16(14)25/h3-4,7-8,11-12,27H,5-6,9-10,13H2,1-2H3. The highest BCUT2D eigenvalue weighted by molar-refractivity contribution is 5.92. The quantitative estimate of drug-likeness (QED) is 0.696. The minimum Gasteiger partial charge on any atom is -0.481 e. The molecule has 29 heavy (non-hydrogen) atoms. The second-order valence-electron chi connectivity index (χ2n) is 7.18. The zero-order valence-electron chi connectivity index (χ0n) is 16.4. The summed E-state index contributed by atoms with van der Waals surface area (Å²) in [7, 11) is 2.90. The van der Waals surface area contributed by atoms with E-state index in [0.717, 1.165) is 10.9 Å². The van der Waals surface area contributed by atoms with Gasteiger partial charge in [-0.2, -0.15) is 9.97 Å². The molecule has 0 aromatic carbocycles. The predicted molar refractivity (Wildman–Crippen MR) is 105 cm³/mol. The number of aliphatic hydroxyl groups is 1. The number of aromatic nitrogens is 4. The van der Waals surface area contributed by atoms with Gasteiger partial charge in [0.1, 0.15) is 5.69 Å². The Bertz CT molecular complexity index is 1000. The first kappa shape index (κ1) is 19.1. The van der Waals surface area contributed by atoms with Gasteiger partial charge in [-0.05, 0) is 25.0 Å². The molecule has 0 saturated carbocycles. The highest BCUT2D eigenvalue weighted by atomic mass is 16.5. The third-order valence-electron chi connectivity index (χ3n) is 5.32. The van der Waals surface area contributed by atoms with Crippen LogP contribution in [-0.4, -0.2) is 68.3 Å². The van der Waals surface area contributed by atoms with Gasteiger partial charge in [-0.3, -0.25) is 9.78 Å². The fourth-order valence-corrected chi connectivity index (χ4v) is 3.64. The molecule has 9 nitrogen and oxygen atoms in total. The monoisotopic (exact) mass is 397 g/mol. The SMILES string of the molecule is COc1cc(C(=O)N2CCC(O)(Cn3ccc4ccncc43)CC2)nc(OC)n1. The van der Waals surface area contributed by atoms with E-state index < -0.39 is 5.60 Å². The largest absolute Gasteiger partial charge is 0.481 e. The second kappa shape index (κ2) is 7.67. The Labute approximate surface area is 167 Å². The maximum absolute atomic E-state index is 12.9. The molecule has 0 aliphatic carbocycles. The minimum absolute atomic E-state index is 0.0781. The minimum atomic E-state index is -0.889. The molecule has 1 aliphatic heterocycles. The Kier molecular flexibility index (Phi) is 5.06. The number of nitrogens with zero attached hydrogens (tertiary/aromatic N) is 5. The molecule has 0 spiro atoms. The van der Waals surface area contributed by atoms with Crippen LogP contribution in [-0.2, 0) is 6.54 Å². The lowest BCUT2D eigenvalue weighted by Crippen LogP contribution is -2.48. The van der Waals surface area contributed by atoms with Crippen molar-refractivity contribution in [1.82, 2.24) is 24.4 Å². The lowest BCUT2D eigenvalue weighted by molar-refractivity contribution is -0.0285. The number of pyridine rings is 1. The van der Waals surface area contributed by atoms with Gasteiger partial charge in [0.05, 0.1) is 38.1 Å². The fraction of sp³-hybridized carbons (Fsp3) is 0.400. The third-order valence-corrected chi connectivity index (χ3v) is 5.32. The van der Waals surface area contributed by atoms with E-state index in [9.17, 15) is 9.90 Å². The van der Waals surface area contributed by atoms with Crippen molar-refractivity contribution in [2.75, 3.05) is 27.3 Å². The number of carbonyl (C=O) groups is 1. The van der Waals surface area contributed by atoms with Crippen molar-refractivity contribution in [2.24, 2.45) is 0 Å². The van der Waals surface area contributed by atoms with E-state index in [1.54, 1.807) is 17.3 Å². The van der Waals surface area contributed by atoms with Crippen LogP contribution >= 0.6 is 0 Å². The van der Waals surface area contributed by atoms with E-state index in [1.807, 2.05) is 22.9 Å². The zero-order chi connectivity index (χ0) is 20.4. The molecule has 3 aromatic rings. The van der Waals surface area contributed by atoms with Crippen molar-refractivity contribution in [3.8, 4) is 11.9 Å². The molecule has 1 saturated heterocycles. The zero-order valence-corrected chi connectivity index (χ0v) is 16.4. The Balaban J connectivity index is 1.45. The number of piperidine rings is 1. The first-order valence-electron chi connectivity index (χ1n) is 9.39. The topological polar surface area (TPSA) is 103 Å². The van der Waals surface area contributed by atoms with Crippen molar-refractivity contribution < 1.29 is 19.4 Å². The smallest absolute Gasteiger partial charge is 0.320 e. The van der Waals surface area contributed by atoms with Crippen LogP contribution in [0.25, 0.3) is 10.9 Å². The summed E-state index contributed by atoms with van der Waals surface area (Å²) >= 11 is 0. The molecule has 152 valence electrons. The Hall–Kier alpha value is -3.20. The Morgan fingerprint density at radius 3 is 2.72 bits per heavy atom. The maximum atomic E-state index is 12.9. The average molecular weight is 397 g/mol. The summed E-state index contributed by atoms with van der Waals surface area (Å²) < 4.78 is 12.2. The fourth-order valence-electron chi connectivity index (χ4n) is 3.64. The second-order valence-corrected chi connectivity index (χ2v) is 7.18. The normalized spacial score (nSPS) is 16.0. The maximum Gasteiger partial charge on any atom is 0.320 e. The summed E-state index contributed by atoms with van der Waals surface area (Å²) in [4.78, 5) is 26.9. The van der Waals surface area contributed by atoms with Gasteiger partial charge in [0.2, 0.25) is 5.88 Å². The van der Waals surface area contributed by atoms with Gasteiger partial charge in [0.15, 0.2) is 0 Å². The van der Waals surface area contributed by atoms with E-state index in [0.29, 0.717) is 32.5 Å². The van der Waals surface area contributed by atoms with Crippen LogP contribution in [0.5, 0.6) is 11.9 Å². The number of fused-ring (bicyclic) bond motifs is 1. The summed E-state index contributed by atoms with van der Waals surface area (Å²) in [5.41, 5.74) is 0.306. The first-order chi connectivity index (χ1) is 14.0. The van der Waals surface area contributed by atoms with Crippen molar-refractivity contribution in [3.05, 3.63) is 42.5 Å². The van der Waals surface area contributed by atoms with Crippen LogP contribution in [0.3, 0.4) is 0 Å². The van der Waals surface area contributed by atoms with E-state index in [1.165, 1.54) is 20.3 Å². The molecule has 0 unspecified atom stereocenters. The molecule has 3 aromatic heterocycles. The molecule has 0 atom stereocenters. The summed E-state index contributed by atoms with van der Waals surface area (Å²) in [6.07, 6.45) is 6.45. The van der Waals surface area contributed by atoms with Gasteiger partial charge in [-0.25, -0.2) is 0 Å². The summed E-state index contributed by atoms with van der Waals surface area (Å²) in [6.45, 7) is 1.32. The van der Waals surface area contributed by atoms with Crippen LogP contribution in [0.4, 0.5) is 0 Å². The summed E-state index contributed by atoms with van der Waals surface area (Å²) in [5, 5.41) is 12.2. The lowest BCUT2D eigenvalue weighted by atomic mass is 9.91. The van der Waals surface area contributed by atoms with E-state index >= 15 is 0 Å². The number of ether oxygens (including phenoxy) is 2. The Morgan fingerprint density at radius 2 is 2.00 bits per heavy atom. The van der Waals surface area contributed by atoms with Crippen molar-refractivity contribution >= 4 is 16.8 Å². The number of hydrogen-bond acceptors (Lipinski definition) is 7. The highest BCUT2D eigenvalue weighted by Gasteiger charge is 2.35. The molecule has 9 heteroatoms. The highest BCUT2D eigenvalue weighted by Crippen LogP contribution is 2.27. The van der Waals surface area contributed by atoms with Crippen molar-refractivity contribution in [2.45, 2.75) is 25.0 Å². The van der Waals surface area contributed by atoms with E-state index in [4.69, 9.17) is 9.47 Å². The molecule has 4 heterocycles. The number of hydrogen-bond donors (Lipinski definition) is 1. The summed E-state index contributed by atoms with van der Waals surface area (Å²) in [5.74, 6) is 0.0310. The molecular formula is C20H23N5O4. The van der Waals surface area contributed by atoms with Crippen LogP contribution in [0.1, 0.15) is 23.3 Å². The molecule has 1 aliphatic rings. The van der Waals surface area contributed by atoms with Gasteiger partial charge in [-0.15, -0.1) is 0 Å². The molecule has 1 N–H and O–H groups in total. The predicted octanol–water partition coefficient (Wildman–Crippen LogP) is 1.51. The molecule has 0 radical (unpaired) electrons. The van der Waals surface area contributed by atoms with Gasteiger partial charge >= 0.3 is 6.01 Å². The van der Waals surface area contributed by atoms with Crippen LogP contribution < -0.4 is 9.47 Å². The molecule has 1 fully saturated rings. The van der Waals surface area contributed by atoms with Crippen LogP contribution in [0.2, 0.25) is 0 Å². The van der Waals surface area contributed by atoms with Crippen molar-refractivity contribution in [1.29, 1.82) is 0 Å². The third kappa shape index (κ3) is 3.86. The molecule has 0 bridgehead atoms. The molecule has 1 amide bonds. The van der Waals surface area contributed by atoms with Crippen LogP contribution in [0.15, 0.2) is 36.8 Å². The van der Waals surface area contributed by atoms with Crippen molar-refractivity contribution in [3.63, 3.8) is 0 Å². The van der Waals surface area contributed by atoms with Crippen LogP contribution in [0, 0.1) is 0 Å². The van der Waals surface area contributed by atoms with Gasteiger partial charge < -0.3 is 24.0 Å². The molecular weight excluding hydrogens is 374 g/mol. The number of carbonyl (C=O) groups excluding carboxylic acids is 1. The van der Waals surface area contributed by atoms with Gasteiger partial charge in [-0.1, -0.05) is 0 Å². The van der Waals surface area contributed by atoms with E-state index in [2.05, 4.69) is 15.0 Å². The van der Waals surface area contributed by atoms with E-state index in [-0.39, 0.29) is 23.5 Å². The Morgan fingerprint density at radius 1 is 1.21 bits per heavy atom. The summed E-state index contributed by atoms with van der Waals surface area (Å²) in [6, 6.07) is 5.52. The average Bonchev–Trinajstić information content (AvgIpc) is 3.15. The first-order valence-corrected chi connectivity index (χ1v) is 9.39. The number of methoxy groups -OCH3 is 2. The number of amides is 1. The number of likely N-dealkylation sites (tertiary alicyclic amines) is 1. The van der Waals surface area contributed by atoms with Gasteiger partial charge in [0.25, 0.3) is 5.91 Å². The number of rotatable bonds is 5. The molecule has 4 rings (SSSR count). The van der Waals surface area contributed by atoms with Gasteiger partial charge in [0, 0.05) is 36.9 Å². The lowest BCUT2D eigenvalue weighted by Gasteiger charge is -2.38.